The van der Waals surface area contributed by atoms with Gasteiger partial charge in [-0.2, -0.15) is 26.3 Å². The molecule has 0 radical (unpaired) electrons. The lowest BCUT2D eigenvalue weighted by atomic mass is 9.99. The SMILES string of the molecule is FC(F)(F)c1cc(-c2cccc(Cl)c2Cl)cc(C(F)(F)F)c1. The van der Waals surface area contributed by atoms with Crippen LogP contribution in [-0.2, 0) is 12.4 Å². The van der Waals surface area contributed by atoms with E-state index in [9.17, 15) is 26.3 Å². The van der Waals surface area contributed by atoms with Gasteiger partial charge >= 0.3 is 12.4 Å². The lowest BCUT2D eigenvalue weighted by Crippen LogP contribution is -2.11. The smallest absolute Gasteiger partial charge is 0.166 e. The maximum Gasteiger partial charge on any atom is 0.416 e. The van der Waals surface area contributed by atoms with Crippen molar-refractivity contribution in [2.75, 3.05) is 0 Å². The van der Waals surface area contributed by atoms with Crippen molar-refractivity contribution in [3.63, 3.8) is 0 Å². The molecule has 0 nitrogen and oxygen atoms in total. The minimum Gasteiger partial charge on any atom is -0.166 e. The van der Waals surface area contributed by atoms with Gasteiger partial charge in [0.2, 0.25) is 0 Å². The highest BCUT2D eigenvalue weighted by Gasteiger charge is 2.37. The third kappa shape index (κ3) is 3.50. The van der Waals surface area contributed by atoms with Crippen LogP contribution in [0.2, 0.25) is 10.0 Å². The molecule has 8 heteroatoms. The van der Waals surface area contributed by atoms with Crippen LogP contribution in [0.3, 0.4) is 0 Å². The fourth-order valence-electron chi connectivity index (χ4n) is 1.84. The van der Waals surface area contributed by atoms with E-state index in [-0.39, 0.29) is 27.2 Å². The first kappa shape index (κ1) is 17.0. The Morgan fingerprint density at radius 1 is 0.727 bits per heavy atom. The number of halogens is 8. The molecule has 2 aromatic rings. The van der Waals surface area contributed by atoms with Gasteiger partial charge in [-0.25, -0.2) is 0 Å². The summed E-state index contributed by atoms with van der Waals surface area (Å²) < 4.78 is 76.8. The number of benzene rings is 2. The molecular formula is C14H6Cl2F6. The molecule has 0 saturated carbocycles. The Labute approximate surface area is 131 Å². The van der Waals surface area contributed by atoms with Crippen molar-refractivity contribution >= 4 is 23.2 Å². The van der Waals surface area contributed by atoms with E-state index in [4.69, 9.17) is 23.2 Å². The van der Waals surface area contributed by atoms with Crippen molar-refractivity contribution < 1.29 is 26.3 Å². The minimum absolute atomic E-state index is 0.00855. The van der Waals surface area contributed by atoms with Crippen LogP contribution >= 0.6 is 23.2 Å². The molecule has 0 saturated heterocycles. The second kappa shape index (κ2) is 5.66. The largest absolute Gasteiger partial charge is 0.416 e. The van der Waals surface area contributed by atoms with E-state index < -0.39 is 23.5 Å². The van der Waals surface area contributed by atoms with Crippen LogP contribution in [0.1, 0.15) is 11.1 Å². The minimum atomic E-state index is -4.92. The quantitative estimate of drug-likeness (QED) is 0.497. The van der Waals surface area contributed by atoms with Gasteiger partial charge in [-0.3, -0.25) is 0 Å². The molecule has 0 bridgehead atoms. The monoisotopic (exact) mass is 358 g/mol. The number of hydrogen-bond donors (Lipinski definition) is 0. The van der Waals surface area contributed by atoms with E-state index in [1.165, 1.54) is 18.2 Å². The normalized spacial score (nSPS) is 12.5. The Morgan fingerprint density at radius 2 is 1.23 bits per heavy atom. The number of hydrogen-bond acceptors (Lipinski definition) is 0. The maximum atomic E-state index is 12.8. The maximum absolute atomic E-state index is 12.8. The second-order valence-corrected chi connectivity index (χ2v) is 5.18. The summed E-state index contributed by atoms with van der Waals surface area (Å²) in [5.41, 5.74) is -3.14. The molecule has 2 aromatic carbocycles. The predicted molar refractivity (Wildman–Crippen MR) is 71.9 cm³/mol. The van der Waals surface area contributed by atoms with Crippen molar-refractivity contribution in [1.29, 1.82) is 0 Å². The summed E-state index contributed by atoms with van der Waals surface area (Å²) in [5.74, 6) is 0. The average Bonchev–Trinajstić information content (AvgIpc) is 2.39. The third-order valence-electron chi connectivity index (χ3n) is 2.85. The first-order valence-corrected chi connectivity index (χ1v) is 6.49. The third-order valence-corrected chi connectivity index (χ3v) is 3.67. The van der Waals surface area contributed by atoms with Gasteiger partial charge in [0, 0.05) is 5.56 Å². The number of rotatable bonds is 1. The van der Waals surface area contributed by atoms with Crippen LogP contribution in [0.5, 0.6) is 0 Å². The van der Waals surface area contributed by atoms with Gasteiger partial charge in [0.15, 0.2) is 0 Å². The molecular weight excluding hydrogens is 353 g/mol. The van der Waals surface area contributed by atoms with Crippen molar-refractivity contribution in [2.45, 2.75) is 12.4 Å². The molecule has 0 fully saturated rings. The van der Waals surface area contributed by atoms with E-state index in [1.807, 2.05) is 0 Å². The second-order valence-electron chi connectivity index (χ2n) is 4.40. The van der Waals surface area contributed by atoms with Crippen molar-refractivity contribution in [3.8, 4) is 11.1 Å². The first-order valence-electron chi connectivity index (χ1n) is 5.74. The van der Waals surface area contributed by atoms with E-state index in [0.29, 0.717) is 12.1 Å². The molecule has 0 heterocycles. The molecule has 0 aliphatic heterocycles. The van der Waals surface area contributed by atoms with Gasteiger partial charge in [0.05, 0.1) is 21.2 Å². The summed E-state index contributed by atoms with van der Waals surface area (Å²) in [6.07, 6.45) is -9.83. The van der Waals surface area contributed by atoms with Crippen LogP contribution in [0.25, 0.3) is 11.1 Å². The summed E-state index contributed by atoms with van der Waals surface area (Å²) in [4.78, 5) is 0. The lowest BCUT2D eigenvalue weighted by Gasteiger charge is -2.15. The van der Waals surface area contributed by atoms with E-state index in [1.54, 1.807) is 0 Å². The van der Waals surface area contributed by atoms with Crippen LogP contribution in [-0.4, -0.2) is 0 Å². The van der Waals surface area contributed by atoms with Gasteiger partial charge in [0.25, 0.3) is 0 Å². The zero-order chi connectivity index (χ0) is 16.7. The highest BCUT2D eigenvalue weighted by Crippen LogP contribution is 2.41. The summed E-state index contributed by atoms with van der Waals surface area (Å²) >= 11 is 11.6. The van der Waals surface area contributed by atoms with Crippen molar-refractivity contribution in [2.24, 2.45) is 0 Å². The molecule has 2 rings (SSSR count). The van der Waals surface area contributed by atoms with Crippen molar-refractivity contribution in [1.82, 2.24) is 0 Å². The molecule has 0 spiro atoms. The zero-order valence-electron chi connectivity index (χ0n) is 10.5. The summed E-state index contributed by atoms with van der Waals surface area (Å²) in [6.45, 7) is 0. The zero-order valence-corrected chi connectivity index (χ0v) is 12.0. The highest BCUT2D eigenvalue weighted by molar-refractivity contribution is 6.43. The fraction of sp³-hybridized carbons (Fsp3) is 0.143. The first-order chi connectivity index (χ1) is 10.00. The fourth-order valence-corrected chi connectivity index (χ4v) is 2.25. The summed E-state index contributed by atoms with van der Waals surface area (Å²) in [6, 6.07) is 5.33. The Bertz CT molecular complexity index is 671. The molecule has 0 aliphatic rings. The summed E-state index contributed by atoms with van der Waals surface area (Å²) in [5, 5.41) is -0.0817. The van der Waals surface area contributed by atoms with Crippen LogP contribution in [0.4, 0.5) is 26.3 Å². The van der Waals surface area contributed by atoms with Gasteiger partial charge < -0.3 is 0 Å². The van der Waals surface area contributed by atoms with E-state index in [0.717, 1.165) is 0 Å². The van der Waals surface area contributed by atoms with Gasteiger partial charge in [-0.1, -0.05) is 35.3 Å². The van der Waals surface area contributed by atoms with Gasteiger partial charge in [0.1, 0.15) is 0 Å². The van der Waals surface area contributed by atoms with E-state index >= 15 is 0 Å². The summed E-state index contributed by atoms with van der Waals surface area (Å²) in [7, 11) is 0. The Hall–Kier alpha value is -1.40. The van der Waals surface area contributed by atoms with Gasteiger partial charge in [-0.15, -0.1) is 0 Å². The molecule has 0 amide bonds. The van der Waals surface area contributed by atoms with Gasteiger partial charge in [-0.05, 0) is 29.8 Å². The Kier molecular flexibility index (Phi) is 4.37. The topological polar surface area (TPSA) is 0 Å². The molecule has 0 unspecified atom stereocenters. The highest BCUT2D eigenvalue weighted by atomic mass is 35.5. The van der Waals surface area contributed by atoms with Crippen molar-refractivity contribution in [3.05, 3.63) is 57.6 Å². The van der Waals surface area contributed by atoms with Crippen LogP contribution in [0, 0.1) is 0 Å². The van der Waals surface area contributed by atoms with Crippen LogP contribution < -0.4 is 0 Å². The van der Waals surface area contributed by atoms with E-state index in [2.05, 4.69) is 0 Å². The number of alkyl halides is 6. The molecule has 0 N–H and O–H groups in total. The molecule has 22 heavy (non-hydrogen) atoms. The molecule has 0 aromatic heterocycles. The Balaban J connectivity index is 2.73. The molecule has 0 atom stereocenters. The standard InChI is InChI=1S/C14H6Cl2F6/c15-11-3-1-2-10(12(11)16)7-4-8(13(17,18)19)6-9(5-7)14(20,21)22/h1-6H. The average molecular weight is 359 g/mol. The lowest BCUT2D eigenvalue weighted by molar-refractivity contribution is -0.143. The predicted octanol–water partition coefficient (Wildman–Crippen LogP) is 6.70. The Morgan fingerprint density at radius 3 is 1.68 bits per heavy atom. The van der Waals surface area contributed by atoms with Crippen LogP contribution in [0.15, 0.2) is 36.4 Å². The molecule has 118 valence electrons. The molecule has 0 aliphatic carbocycles.